The summed E-state index contributed by atoms with van der Waals surface area (Å²) in [4.78, 5) is 14.3. The number of aliphatic hydroxyl groups is 1. The fourth-order valence-corrected chi connectivity index (χ4v) is 3.94. The molecule has 1 aromatic carbocycles. The van der Waals surface area contributed by atoms with E-state index in [9.17, 15) is 9.90 Å². The van der Waals surface area contributed by atoms with E-state index in [4.69, 9.17) is 0 Å². The van der Waals surface area contributed by atoms with Gasteiger partial charge in [0, 0.05) is 13.6 Å². The van der Waals surface area contributed by atoms with Gasteiger partial charge in [-0.15, -0.1) is 0 Å². The second kappa shape index (κ2) is 6.16. The monoisotopic (exact) mass is 316 g/mol. The number of hydrogen-bond acceptors (Lipinski definition) is 2. The molecule has 0 radical (unpaired) electrons. The summed E-state index contributed by atoms with van der Waals surface area (Å²) in [5, 5.41) is 12.6. The van der Waals surface area contributed by atoms with Crippen molar-refractivity contribution in [3.63, 3.8) is 0 Å². The second-order valence-corrected chi connectivity index (χ2v) is 7.88. The SMILES string of the molecule is CN(CC1CC(O)C1)C(=O)NC1CCC(C)(C)c2ccccc21. The largest absolute Gasteiger partial charge is 0.393 e. The van der Waals surface area contributed by atoms with Crippen LogP contribution in [0.4, 0.5) is 4.79 Å². The predicted molar refractivity (Wildman–Crippen MR) is 91.3 cm³/mol. The van der Waals surface area contributed by atoms with E-state index in [1.165, 1.54) is 11.1 Å². The van der Waals surface area contributed by atoms with Crippen LogP contribution < -0.4 is 5.32 Å². The first-order valence-corrected chi connectivity index (χ1v) is 8.66. The van der Waals surface area contributed by atoms with E-state index >= 15 is 0 Å². The Labute approximate surface area is 138 Å². The van der Waals surface area contributed by atoms with Gasteiger partial charge in [-0.1, -0.05) is 38.1 Å². The molecule has 1 unspecified atom stereocenters. The van der Waals surface area contributed by atoms with E-state index in [1.54, 1.807) is 4.90 Å². The molecule has 1 fully saturated rings. The number of nitrogens with one attached hydrogen (secondary N) is 1. The van der Waals surface area contributed by atoms with Crippen molar-refractivity contribution in [3.05, 3.63) is 35.4 Å². The number of amides is 2. The summed E-state index contributed by atoms with van der Waals surface area (Å²) in [7, 11) is 1.85. The third-order valence-electron chi connectivity index (χ3n) is 5.51. The van der Waals surface area contributed by atoms with Crippen LogP contribution in [-0.4, -0.2) is 35.7 Å². The predicted octanol–water partition coefficient (Wildman–Crippen LogP) is 3.21. The minimum Gasteiger partial charge on any atom is -0.393 e. The third-order valence-corrected chi connectivity index (χ3v) is 5.51. The number of carbonyl (C=O) groups is 1. The van der Waals surface area contributed by atoms with E-state index in [0.717, 1.165) is 32.2 Å². The van der Waals surface area contributed by atoms with Gasteiger partial charge in [0.2, 0.25) is 0 Å². The first-order valence-electron chi connectivity index (χ1n) is 8.66. The summed E-state index contributed by atoms with van der Waals surface area (Å²) in [6.07, 6.45) is 3.53. The molecule has 2 N–H and O–H groups in total. The molecule has 0 saturated heterocycles. The molecule has 2 amide bonds. The molecular formula is C19H28N2O2. The molecule has 126 valence electrons. The van der Waals surface area contributed by atoms with Gasteiger partial charge in [-0.25, -0.2) is 4.79 Å². The first-order chi connectivity index (χ1) is 10.9. The smallest absolute Gasteiger partial charge is 0.317 e. The van der Waals surface area contributed by atoms with Gasteiger partial charge in [0.25, 0.3) is 0 Å². The lowest BCUT2D eigenvalue weighted by Gasteiger charge is -2.38. The van der Waals surface area contributed by atoms with Crippen LogP contribution in [0.5, 0.6) is 0 Å². The van der Waals surface area contributed by atoms with Crippen LogP contribution >= 0.6 is 0 Å². The van der Waals surface area contributed by atoms with E-state index < -0.39 is 0 Å². The van der Waals surface area contributed by atoms with Gasteiger partial charge in [0.15, 0.2) is 0 Å². The lowest BCUT2D eigenvalue weighted by Crippen LogP contribution is -2.45. The molecule has 1 aromatic rings. The zero-order chi connectivity index (χ0) is 16.6. The maximum atomic E-state index is 12.5. The molecule has 1 atom stereocenters. The molecule has 1 saturated carbocycles. The van der Waals surface area contributed by atoms with Gasteiger partial charge < -0.3 is 15.3 Å². The van der Waals surface area contributed by atoms with Gasteiger partial charge in [-0.3, -0.25) is 0 Å². The Morgan fingerprint density at radius 3 is 2.74 bits per heavy atom. The van der Waals surface area contributed by atoms with Gasteiger partial charge in [-0.05, 0) is 48.1 Å². The summed E-state index contributed by atoms with van der Waals surface area (Å²) in [6, 6.07) is 8.56. The molecule has 0 bridgehead atoms. The van der Waals surface area contributed by atoms with Crippen LogP contribution in [0.3, 0.4) is 0 Å². The number of rotatable bonds is 3. The number of aliphatic hydroxyl groups excluding tert-OH is 1. The maximum Gasteiger partial charge on any atom is 0.317 e. The number of fused-ring (bicyclic) bond motifs is 1. The van der Waals surface area contributed by atoms with E-state index in [-0.39, 0.29) is 23.6 Å². The first kappa shape index (κ1) is 16.3. The molecule has 2 aliphatic carbocycles. The normalized spacial score (nSPS) is 28.4. The van der Waals surface area contributed by atoms with E-state index in [0.29, 0.717) is 5.92 Å². The Bertz CT molecular complexity index is 578. The van der Waals surface area contributed by atoms with Crippen molar-refractivity contribution in [2.75, 3.05) is 13.6 Å². The fraction of sp³-hybridized carbons (Fsp3) is 0.632. The minimum atomic E-state index is -0.163. The van der Waals surface area contributed by atoms with Crippen LogP contribution in [0.2, 0.25) is 0 Å². The summed E-state index contributed by atoms with van der Waals surface area (Å²) >= 11 is 0. The molecule has 0 heterocycles. The number of carbonyl (C=O) groups excluding carboxylic acids is 1. The topological polar surface area (TPSA) is 52.6 Å². The number of nitrogens with zero attached hydrogens (tertiary/aromatic N) is 1. The summed E-state index contributed by atoms with van der Waals surface area (Å²) in [6.45, 7) is 5.28. The molecule has 2 aliphatic rings. The Morgan fingerprint density at radius 1 is 1.35 bits per heavy atom. The van der Waals surface area contributed by atoms with Crippen LogP contribution in [-0.2, 0) is 5.41 Å². The Kier molecular flexibility index (Phi) is 4.37. The Balaban J connectivity index is 1.65. The van der Waals surface area contributed by atoms with Crippen molar-refractivity contribution in [2.45, 2.75) is 57.1 Å². The van der Waals surface area contributed by atoms with Crippen LogP contribution in [0, 0.1) is 5.92 Å². The van der Waals surface area contributed by atoms with Crippen molar-refractivity contribution in [1.29, 1.82) is 0 Å². The van der Waals surface area contributed by atoms with E-state index in [2.05, 4.69) is 43.4 Å². The van der Waals surface area contributed by atoms with Crippen molar-refractivity contribution in [1.82, 2.24) is 10.2 Å². The standard InChI is InChI=1S/C19H28N2O2/c1-19(2)9-8-17(15-6-4-5-7-16(15)19)20-18(23)21(3)12-13-10-14(22)11-13/h4-7,13-14,17,22H,8-12H2,1-3H3,(H,20,23). The maximum absolute atomic E-state index is 12.5. The minimum absolute atomic E-state index is 0.00843. The Morgan fingerprint density at radius 2 is 2.04 bits per heavy atom. The summed E-state index contributed by atoms with van der Waals surface area (Å²) < 4.78 is 0. The van der Waals surface area contributed by atoms with E-state index in [1.807, 2.05) is 7.05 Å². The van der Waals surface area contributed by atoms with Crippen molar-refractivity contribution in [3.8, 4) is 0 Å². The van der Waals surface area contributed by atoms with Crippen LogP contribution in [0.25, 0.3) is 0 Å². The lowest BCUT2D eigenvalue weighted by atomic mass is 9.71. The zero-order valence-corrected chi connectivity index (χ0v) is 14.4. The zero-order valence-electron chi connectivity index (χ0n) is 14.4. The van der Waals surface area contributed by atoms with Crippen LogP contribution in [0.15, 0.2) is 24.3 Å². The third kappa shape index (κ3) is 3.37. The van der Waals surface area contributed by atoms with Crippen molar-refractivity contribution in [2.24, 2.45) is 5.92 Å². The van der Waals surface area contributed by atoms with Gasteiger partial charge >= 0.3 is 6.03 Å². The van der Waals surface area contributed by atoms with Crippen molar-refractivity contribution < 1.29 is 9.90 Å². The summed E-state index contributed by atoms with van der Waals surface area (Å²) in [5.74, 6) is 0.443. The lowest BCUT2D eigenvalue weighted by molar-refractivity contribution is 0.0323. The second-order valence-electron chi connectivity index (χ2n) is 7.88. The molecule has 0 aromatic heterocycles. The van der Waals surface area contributed by atoms with Crippen LogP contribution in [0.1, 0.15) is 56.7 Å². The van der Waals surface area contributed by atoms with Gasteiger partial charge in [0.05, 0.1) is 12.1 Å². The van der Waals surface area contributed by atoms with Gasteiger partial charge in [-0.2, -0.15) is 0 Å². The quantitative estimate of drug-likeness (QED) is 0.899. The average molecular weight is 316 g/mol. The van der Waals surface area contributed by atoms with Gasteiger partial charge in [0.1, 0.15) is 0 Å². The fourth-order valence-electron chi connectivity index (χ4n) is 3.94. The summed E-state index contributed by atoms with van der Waals surface area (Å²) in [5.41, 5.74) is 2.78. The molecule has 4 heteroatoms. The molecule has 23 heavy (non-hydrogen) atoms. The molecule has 4 nitrogen and oxygen atoms in total. The molecule has 3 rings (SSSR count). The number of urea groups is 1. The highest BCUT2D eigenvalue weighted by Gasteiger charge is 2.34. The highest BCUT2D eigenvalue weighted by atomic mass is 16.3. The Hall–Kier alpha value is -1.55. The van der Waals surface area contributed by atoms with Crippen molar-refractivity contribution >= 4 is 6.03 Å². The molecular weight excluding hydrogens is 288 g/mol. The number of hydrogen-bond donors (Lipinski definition) is 2. The molecule has 0 spiro atoms. The average Bonchev–Trinajstić information content (AvgIpc) is 2.48. The highest BCUT2D eigenvalue weighted by molar-refractivity contribution is 5.74. The molecule has 0 aliphatic heterocycles. The highest BCUT2D eigenvalue weighted by Crippen LogP contribution is 2.41. The number of benzene rings is 1.